The average molecular weight is 993 g/mol. The first-order chi connectivity index (χ1) is 38.7. The molecule has 0 aliphatic heterocycles. The molecule has 0 unspecified atom stereocenters. The highest BCUT2D eigenvalue weighted by Crippen LogP contribution is 2.51. The number of anilines is 6. The first kappa shape index (κ1) is 46.3. The van der Waals surface area contributed by atoms with Crippen molar-refractivity contribution in [2.24, 2.45) is 0 Å². The maximum atomic E-state index is 2.48. The lowest BCUT2D eigenvalue weighted by Crippen LogP contribution is -2.09. The minimum atomic E-state index is 1.09. The second-order valence-electron chi connectivity index (χ2n) is 20.0. The fourth-order valence-electron chi connectivity index (χ4n) is 11.8. The van der Waals surface area contributed by atoms with Gasteiger partial charge in [0.2, 0.25) is 0 Å². The van der Waals surface area contributed by atoms with E-state index in [9.17, 15) is 0 Å². The summed E-state index contributed by atoms with van der Waals surface area (Å²) in [6.07, 6.45) is 0. The van der Waals surface area contributed by atoms with E-state index in [2.05, 4.69) is 325 Å². The number of rotatable bonds is 11. The number of hydrogen-bond acceptors (Lipinski definition) is 2. The summed E-state index contributed by atoms with van der Waals surface area (Å²) in [7, 11) is 0. The van der Waals surface area contributed by atoms with Crippen LogP contribution in [0.4, 0.5) is 34.1 Å². The third-order valence-electron chi connectivity index (χ3n) is 15.4. The van der Waals surface area contributed by atoms with Gasteiger partial charge in [-0.3, -0.25) is 0 Å². The Morgan fingerprint density at radius 3 is 1.10 bits per heavy atom. The molecule has 2 heteroatoms. The van der Waals surface area contributed by atoms with E-state index < -0.39 is 0 Å². The average Bonchev–Trinajstić information content (AvgIpc) is 3.28. The Kier molecular flexibility index (Phi) is 11.9. The van der Waals surface area contributed by atoms with Gasteiger partial charge in [-0.2, -0.15) is 0 Å². The van der Waals surface area contributed by atoms with Crippen LogP contribution in [0.1, 0.15) is 0 Å². The molecule has 0 fully saturated rings. The lowest BCUT2D eigenvalue weighted by Gasteiger charge is -2.26. The number of para-hydroxylation sites is 4. The zero-order valence-corrected chi connectivity index (χ0v) is 42.9. The van der Waals surface area contributed by atoms with Crippen molar-refractivity contribution < 1.29 is 0 Å². The maximum absolute atomic E-state index is 2.48. The summed E-state index contributed by atoms with van der Waals surface area (Å²) in [5, 5.41) is 9.76. The van der Waals surface area contributed by atoms with Crippen LogP contribution in [-0.4, -0.2) is 0 Å². The largest absolute Gasteiger partial charge is 0.311 e. The first-order valence-electron chi connectivity index (χ1n) is 26.8. The summed E-state index contributed by atoms with van der Waals surface area (Å²) < 4.78 is 0. The quantitative estimate of drug-likeness (QED) is 0.119. The molecule has 78 heavy (non-hydrogen) atoms. The van der Waals surface area contributed by atoms with Crippen LogP contribution < -0.4 is 9.80 Å². The van der Waals surface area contributed by atoms with E-state index in [1.54, 1.807) is 0 Å². The maximum Gasteiger partial charge on any atom is 0.0462 e. The van der Waals surface area contributed by atoms with Crippen LogP contribution in [0.3, 0.4) is 0 Å². The normalized spacial score (nSPS) is 11.3. The summed E-state index contributed by atoms with van der Waals surface area (Å²) in [6.45, 7) is 0. The Hall–Kier alpha value is -10.3. The highest BCUT2D eigenvalue weighted by atomic mass is 15.1. The van der Waals surface area contributed by atoms with Gasteiger partial charge in [-0.05, 0) is 190 Å². The number of benzene rings is 14. The molecule has 0 N–H and O–H groups in total. The number of fused-ring (bicyclic) bond motifs is 7. The fraction of sp³-hybridized carbons (Fsp3) is 0. The van der Waals surface area contributed by atoms with Crippen molar-refractivity contribution >= 4 is 77.2 Å². The molecule has 0 aliphatic carbocycles. The zero-order chi connectivity index (χ0) is 51.8. The monoisotopic (exact) mass is 992 g/mol. The van der Waals surface area contributed by atoms with Crippen LogP contribution in [0.15, 0.2) is 315 Å². The predicted molar refractivity (Wildman–Crippen MR) is 333 cm³/mol. The van der Waals surface area contributed by atoms with Gasteiger partial charge in [-0.1, -0.05) is 224 Å². The first-order valence-corrected chi connectivity index (χ1v) is 26.8. The van der Waals surface area contributed by atoms with E-state index in [1.165, 1.54) is 82.0 Å². The lowest BCUT2D eigenvalue weighted by atomic mass is 9.80. The minimum absolute atomic E-state index is 1.09. The molecule has 0 aromatic heterocycles. The Bertz CT molecular complexity index is 4340. The van der Waals surface area contributed by atoms with Gasteiger partial charge in [-0.15, -0.1) is 0 Å². The third kappa shape index (κ3) is 8.43. The summed E-state index contributed by atoms with van der Waals surface area (Å²) >= 11 is 0. The Balaban J connectivity index is 1.08. The van der Waals surface area contributed by atoms with Crippen LogP contribution in [0.25, 0.3) is 98.7 Å². The molecule has 14 rings (SSSR count). The summed E-state index contributed by atoms with van der Waals surface area (Å²) in [6, 6.07) is 115. The Labute approximate surface area is 455 Å². The van der Waals surface area contributed by atoms with Crippen molar-refractivity contribution in [1.29, 1.82) is 0 Å². The molecule has 0 aliphatic rings. The van der Waals surface area contributed by atoms with Crippen LogP contribution in [0.2, 0.25) is 0 Å². The molecule has 0 spiro atoms. The molecule has 2 nitrogen and oxygen atoms in total. The molecule has 14 aromatic rings. The second kappa shape index (κ2) is 20.1. The van der Waals surface area contributed by atoms with Gasteiger partial charge in [0.05, 0.1) is 0 Å². The molecule has 0 saturated carbocycles. The van der Waals surface area contributed by atoms with Crippen LogP contribution in [0.5, 0.6) is 0 Å². The molecule has 0 radical (unpaired) electrons. The predicted octanol–water partition coefficient (Wildman–Crippen LogP) is 21.6. The molecular formula is C76H52N2. The van der Waals surface area contributed by atoms with E-state index in [0.29, 0.717) is 0 Å². The minimum Gasteiger partial charge on any atom is -0.311 e. The van der Waals surface area contributed by atoms with Crippen molar-refractivity contribution in [3.63, 3.8) is 0 Å². The van der Waals surface area contributed by atoms with Gasteiger partial charge in [0.25, 0.3) is 0 Å². The summed E-state index contributed by atoms with van der Waals surface area (Å²) in [5.41, 5.74) is 18.4. The van der Waals surface area contributed by atoms with Gasteiger partial charge in [0, 0.05) is 34.1 Å². The van der Waals surface area contributed by atoms with Gasteiger partial charge in [-0.25, -0.2) is 0 Å². The van der Waals surface area contributed by atoms with Crippen molar-refractivity contribution in [3.05, 3.63) is 315 Å². The van der Waals surface area contributed by atoms with Crippen molar-refractivity contribution in [2.75, 3.05) is 9.80 Å². The van der Waals surface area contributed by atoms with Gasteiger partial charge in [0.15, 0.2) is 0 Å². The van der Waals surface area contributed by atoms with Crippen molar-refractivity contribution in [1.82, 2.24) is 0 Å². The van der Waals surface area contributed by atoms with E-state index in [-0.39, 0.29) is 0 Å². The van der Waals surface area contributed by atoms with Crippen molar-refractivity contribution in [3.8, 4) is 55.6 Å². The summed E-state index contributed by atoms with van der Waals surface area (Å²) in [4.78, 5) is 4.67. The molecule has 366 valence electrons. The van der Waals surface area contributed by atoms with Gasteiger partial charge in [0.1, 0.15) is 0 Å². The summed E-state index contributed by atoms with van der Waals surface area (Å²) in [5.74, 6) is 0. The zero-order valence-electron chi connectivity index (χ0n) is 42.9. The standard InChI is InChI=1S/C76H52N2/c1-7-22-53(23-8-1)58-42-48-68-72(50-58)73-51-59(67-37-21-27-54-26-19-20-36-66(54)67)43-49-69(73)76-74(57-40-46-65(47-41-57)78(62-32-15-5-16-33-62)63-34-17-6-18-35-63)70(55-24-9-2-10-25-55)52-71(75(68)76)56-38-44-64(45-39-56)77(60-28-11-3-12-29-60)61-30-13-4-14-31-61/h1-52H. The topological polar surface area (TPSA) is 6.48 Å². The lowest BCUT2D eigenvalue weighted by molar-refractivity contribution is 1.28. The van der Waals surface area contributed by atoms with Crippen LogP contribution >= 0.6 is 0 Å². The van der Waals surface area contributed by atoms with E-state index in [1.807, 2.05) is 0 Å². The van der Waals surface area contributed by atoms with Crippen LogP contribution in [-0.2, 0) is 0 Å². The molecule has 0 heterocycles. The van der Waals surface area contributed by atoms with Gasteiger partial charge >= 0.3 is 0 Å². The molecular weight excluding hydrogens is 941 g/mol. The Morgan fingerprint density at radius 1 is 0.179 bits per heavy atom. The fourth-order valence-corrected chi connectivity index (χ4v) is 11.8. The molecule has 14 aromatic carbocycles. The SMILES string of the molecule is c1ccc(-c2ccc3c(c2)c2cc(-c4cccc5ccccc45)ccc2c2c(-c4ccc(N(c5ccccc5)c5ccccc5)cc4)c(-c4ccccc4)cc(-c4ccc(N(c5ccccc5)c5ccccc5)cc4)c32)cc1. The van der Waals surface area contributed by atoms with E-state index in [4.69, 9.17) is 0 Å². The molecule has 0 saturated heterocycles. The third-order valence-corrected chi connectivity index (χ3v) is 15.4. The number of nitrogens with zero attached hydrogens (tertiary/aromatic N) is 2. The molecule has 0 amide bonds. The highest BCUT2D eigenvalue weighted by molar-refractivity contribution is 6.33. The smallest absolute Gasteiger partial charge is 0.0462 e. The highest BCUT2D eigenvalue weighted by Gasteiger charge is 2.24. The van der Waals surface area contributed by atoms with E-state index in [0.717, 1.165) is 50.8 Å². The Morgan fingerprint density at radius 2 is 0.564 bits per heavy atom. The van der Waals surface area contributed by atoms with Gasteiger partial charge < -0.3 is 9.80 Å². The molecule has 0 atom stereocenters. The second-order valence-corrected chi connectivity index (χ2v) is 20.0. The van der Waals surface area contributed by atoms with Crippen molar-refractivity contribution in [2.45, 2.75) is 0 Å². The van der Waals surface area contributed by atoms with Crippen LogP contribution in [0, 0.1) is 0 Å². The molecule has 0 bridgehead atoms. The van der Waals surface area contributed by atoms with E-state index >= 15 is 0 Å². The number of hydrogen-bond donors (Lipinski definition) is 0.